The predicted molar refractivity (Wildman–Crippen MR) is 89.8 cm³/mol. The summed E-state index contributed by atoms with van der Waals surface area (Å²) >= 11 is 0. The lowest BCUT2D eigenvalue weighted by Crippen LogP contribution is -2.45. The molecule has 1 aliphatic rings. The van der Waals surface area contributed by atoms with Gasteiger partial charge in [-0.2, -0.15) is 0 Å². The third kappa shape index (κ3) is 2.70. The Kier molecular flexibility index (Phi) is 3.84. The first-order valence-electron chi connectivity index (χ1n) is 8.02. The normalized spacial score (nSPS) is 15.3. The van der Waals surface area contributed by atoms with Gasteiger partial charge in [-0.3, -0.25) is 4.90 Å². The first-order valence-corrected chi connectivity index (χ1v) is 8.02. The lowest BCUT2D eigenvalue weighted by molar-refractivity contribution is 0.0225. The SMILES string of the molecule is CCOC(=O)c1c(C)[nH]c2ccc3c(c12)CN(C(C)(C)C)CO3. The minimum Gasteiger partial charge on any atom is -0.478 e. The van der Waals surface area contributed by atoms with Crippen LogP contribution in [-0.2, 0) is 11.3 Å². The summed E-state index contributed by atoms with van der Waals surface area (Å²) in [6.07, 6.45) is 0. The Morgan fingerprint density at radius 2 is 2.13 bits per heavy atom. The topological polar surface area (TPSA) is 54.6 Å². The molecule has 124 valence electrons. The summed E-state index contributed by atoms with van der Waals surface area (Å²) in [6, 6.07) is 3.94. The van der Waals surface area contributed by atoms with Gasteiger partial charge < -0.3 is 14.5 Å². The largest absolute Gasteiger partial charge is 0.478 e. The predicted octanol–water partition coefficient (Wildman–Crippen LogP) is 3.60. The van der Waals surface area contributed by atoms with Crippen LogP contribution in [-0.4, -0.2) is 34.7 Å². The first-order chi connectivity index (χ1) is 10.8. The van der Waals surface area contributed by atoms with E-state index in [1.54, 1.807) is 0 Å². The van der Waals surface area contributed by atoms with Gasteiger partial charge in [0.2, 0.25) is 0 Å². The van der Waals surface area contributed by atoms with E-state index in [-0.39, 0.29) is 11.5 Å². The van der Waals surface area contributed by atoms with Crippen molar-refractivity contribution in [3.8, 4) is 5.75 Å². The van der Waals surface area contributed by atoms with Crippen molar-refractivity contribution in [1.29, 1.82) is 0 Å². The van der Waals surface area contributed by atoms with E-state index in [0.717, 1.165) is 34.5 Å². The monoisotopic (exact) mass is 316 g/mol. The number of ether oxygens (including phenoxy) is 2. The number of hydrogen-bond donors (Lipinski definition) is 1. The number of H-pyrrole nitrogens is 1. The molecule has 0 spiro atoms. The third-order valence-corrected chi connectivity index (χ3v) is 4.37. The fourth-order valence-electron chi connectivity index (χ4n) is 3.04. The number of rotatable bonds is 2. The maximum absolute atomic E-state index is 12.4. The molecule has 0 bridgehead atoms. The van der Waals surface area contributed by atoms with Crippen LogP contribution in [0.1, 0.15) is 49.3 Å². The summed E-state index contributed by atoms with van der Waals surface area (Å²) in [4.78, 5) is 18.0. The van der Waals surface area contributed by atoms with Gasteiger partial charge in [-0.15, -0.1) is 0 Å². The molecule has 1 aliphatic heterocycles. The molecule has 0 atom stereocenters. The van der Waals surface area contributed by atoms with Crippen LogP contribution in [0.5, 0.6) is 5.75 Å². The number of carbonyl (C=O) groups excluding carboxylic acids is 1. The summed E-state index contributed by atoms with van der Waals surface area (Å²) in [7, 11) is 0. The lowest BCUT2D eigenvalue weighted by Gasteiger charge is -2.39. The minimum absolute atomic E-state index is 0.00467. The van der Waals surface area contributed by atoms with Gasteiger partial charge in [0.15, 0.2) is 0 Å². The van der Waals surface area contributed by atoms with Crippen molar-refractivity contribution in [3.63, 3.8) is 0 Å². The van der Waals surface area contributed by atoms with E-state index in [4.69, 9.17) is 9.47 Å². The molecule has 1 aromatic carbocycles. The fourth-order valence-corrected chi connectivity index (χ4v) is 3.04. The molecule has 0 saturated carbocycles. The summed E-state index contributed by atoms with van der Waals surface area (Å²) in [6.45, 7) is 11.9. The molecule has 5 heteroatoms. The molecule has 0 saturated heterocycles. The van der Waals surface area contributed by atoms with Crippen molar-refractivity contribution in [2.75, 3.05) is 13.3 Å². The van der Waals surface area contributed by atoms with E-state index >= 15 is 0 Å². The summed E-state index contributed by atoms with van der Waals surface area (Å²) < 4.78 is 11.2. The van der Waals surface area contributed by atoms with Crippen LogP contribution in [0.3, 0.4) is 0 Å². The number of esters is 1. The maximum atomic E-state index is 12.4. The Morgan fingerprint density at radius 3 is 2.78 bits per heavy atom. The summed E-state index contributed by atoms with van der Waals surface area (Å²) in [5.74, 6) is 0.570. The van der Waals surface area contributed by atoms with Crippen molar-refractivity contribution in [2.24, 2.45) is 0 Å². The van der Waals surface area contributed by atoms with Gasteiger partial charge in [0.25, 0.3) is 0 Å². The summed E-state index contributed by atoms with van der Waals surface area (Å²) in [5.41, 5.74) is 3.45. The highest BCUT2D eigenvalue weighted by molar-refractivity contribution is 6.07. The van der Waals surface area contributed by atoms with Crippen molar-refractivity contribution in [2.45, 2.75) is 46.7 Å². The number of aromatic amines is 1. The van der Waals surface area contributed by atoms with Crippen LogP contribution in [0.4, 0.5) is 0 Å². The number of nitrogens with zero attached hydrogens (tertiary/aromatic N) is 1. The zero-order chi connectivity index (χ0) is 16.8. The van der Waals surface area contributed by atoms with E-state index in [1.807, 2.05) is 26.0 Å². The van der Waals surface area contributed by atoms with Gasteiger partial charge in [-0.25, -0.2) is 4.79 Å². The molecule has 3 rings (SSSR count). The Hall–Kier alpha value is -2.01. The average Bonchev–Trinajstić information content (AvgIpc) is 2.82. The van der Waals surface area contributed by atoms with E-state index in [1.165, 1.54) is 0 Å². The van der Waals surface area contributed by atoms with Gasteiger partial charge in [0.1, 0.15) is 12.5 Å². The molecule has 23 heavy (non-hydrogen) atoms. The zero-order valence-corrected chi connectivity index (χ0v) is 14.4. The lowest BCUT2D eigenvalue weighted by atomic mass is 9.99. The van der Waals surface area contributed by atoms with Crippen molar-refractivity contribution >= 4 is 16.9 Å². The molecule has 2 aromatic rings. The van der Waals surface area contributed by atoms with Crippen molar-refractivity contribution < 1.29 is 14.3 Å². The number of aryl methyl sites for hydroxylation is 1. The highest BCUT2D eigenvalue weighted by Crippen LogP contribution is 2.37. The molecule has 0 radical (unpaired) electrons. The standard InChI is InChI=1S/C18H24N2O3/c1-6-22-17(21)15-11(2)19-13-7-8-14-12(16(13)15)9-20(10-23-14)18(3,4)5/h7-8,19H,6,9-10H2,1-5H3. The second kappa shape index (κ2) is 5.57. The first kappa shape index (κ1) is 15.9. The van der Waals surface area contributed by atoms with Gasteiger partial charge >= 0.3 is 5.97 Å². The Morgan fingerprint density at radius 1 is 1.39 bits per heavy atom. The molecule has 0 unspecified atom stereocenters. The highest BCUT2D eigenvalue weighted by Gasteiger charge is 2.30. The molecule has 1 aromatic heterocycles. The molecule has 0 aliphatic carbocycles. The quantitative estimate of drug-likeness (QED) is 0.860. The number of carbonyl (C=O) groups is 1. The number of hydrogen-bond acceptors (Lipinski definition) is 4. The zero-order valence-electron chi connectivity index (χ0n) is 14.4. The van der Waals surface area contributed by atoms with Crippen molar-refractivity contribution in [3.05, 3.63) is 29.0 Å². The van der Waals surface area contributed by atoms with Crippen LogP contribution >= 0.6 is 0 Å². The van der Waals surface area contributed by atoms with E-state index in [0.29, 0.717) is 18.9 Å². The van der Waals surface area contributed by atoms with Gasteiger partial charge in [0.05, 0.1) is 12.2 Å². The number of benzene rings is 1. The number of fused-ring (bicyclic) bond motifs is 3. The van der Waals surface area contributed by atoms with E-state index in [9.17, 15) is 4.79 Å². The van der Waals surface area contributed by atoms with Crippen LogP contribution in [0.25, 0.3) is 10.9 Å². The van der Waals surface area contributed by atoms with E-state index < -0.39 is 0 Å². The molecular weight excluding hydrogens is 292 g/mol. The van der Waals surface area contributed by atoms with Gasteiger partial charge in [-0.05, 0) is 46.8 Å². The molecule has 2 heterocycles. The molecule has 5 nitrogen and oxygen atoms in total. The van der Waals surface area contributed by atoms with Gasteiger partial charge in [-0.1, -0.05) is 0 Å². The molecule has 1 N–H and O–H groups in total. The summed E-state index contributed by atoms with van der Waals surface area (Å²) in [5, 5.41) is 0.924. The molecular formula is C18H24N2O3. The second-order valence-electron chi connectivity index (χ2n) is 6.95. The fraction of sp³-hybridized carbons (Fsp3) is 0.500. The molecule has 0 fully saturated rings. The Labute approximate surface area is 136 Å². The van der Waals surface area contributed by atoms with Crippen molar-refractivity contribution in [1.82, 2.24) is 9.88 Å². The van der Waals surface area contributed by atoms with Crippen LogP contribution in [0, 0.1) is 6.92 Å². The highest BCUT2D eigenvalue weighted by atomic mass is 16.5. The average molecular weight is 316 g/mol. The van der Waals surface area contributed by atoms with Crippen LogP contribution in [0.2, 0.25) is 0 Å². The van der Waals surface area contributed by atoms with Crippen LogP contribution < -0.4 is 4.74 Å². The third-order valence-electron chi connectivity index (χ3n) is 4.37. The number of aromatic nitrogens is 1. The number of nitrogens with one attached hydrogen (secondary N) is 1. The second-order valence-corrected chi connectivity index (χ2v) is 6.95. The Bertz CT molecular complexity index is 756. The van der Waals surface area contributed by atoms with Gasteiger partial charge in [0, 0.05) is 34.2 Å². The smallest absolute Gasteiger partial charge is 0.340 e. The van der Waals surface area contributed by atoms with E-state index in [2.05, 4.69) is 30.7 Å². The van der Waals surface area contributed by atoms with Crippen LogP contribution in [0.15, 0.2) is 12.1 Å². The maximum Gasteiger partial charge on any atom is 0.340 e. The minimum atomic E-state index is -0.280. The Balaban J connectivity index is 2.17. The molecule has 0 amide bonds.